The molecule has 6 aromatic rings. The summed E-state index contributed by atoms with van der Waals surface area (Å²) in [4.78, 5) is 15.0. The molecule has 0 radical (unpaired) electrons. The first kappa shape index (κ1) is 23.8. The van der Waals surface area contributed by atoms with Gasteiger partial charge in [-0.3, -0.25) is 14.8 Å². The van der Waals surface area contributed by atoms with E-state index >= 15 is 0 Å². The molecule has 0 unspecified atom stereocenters. The standard InChI is InChI=1S/C31H26ClN5O/c1-19-5-3-8-29-30(19)37(31(33)36(29)18-22-6-4-7-27-25(22)15-16-34-27)24-12-9-21(10-13-24)26-17-23(32)11-14-28(26)35-20(2)38/h3-17,33-34H,18H2,1-2H3,(H,35,38). The van der Waals surface area contributed by atoms with Gasteiger partial charge in [0.15, 0.2) is 0 Å². The highest BCUT2D eigenvalue weighted by molar-refractivity contribution is 6.31. The van der Waals surface area contributed by atoms with E-state index in [1.54, 1.807) is 6.07 Å². The summed E-state index contributed by atoms with van der Waals surface area (Å²) in [5.41, 5.74) is 9.12. The summed E-state index contributed by atoms with van der Waals surface area (Å²) in [5, 5.41) is 13.9. The van der Waals surface area contributed by atoms with Gasteiger partial charge in [-0.25, -0.2) is 0 Å². The fourth-order valence-electron chi connectivity index (χ4n) is 5.21. The quantitative estimate of drug-likeness (QED) is 0.224. The number of nitrogens with zero attached hydrogens (tertiary/aromatic N) is 2. The minimum Gasteiger partial charge on any atom is -0.361 e. The molecule has 0 aliphatic carbocycles. The van der Waals surface area contributed by atoms with Gasteiger partial charge in [0.1, 0.15) is 0 Å². The van der Waals surface area contributed by atoms with Crippen molar-refractivity contribution in [3.63, 3.8) is 0 Å². The van der Waals surface area contributed by atoms with Gasteiger partial charge in [0, 0.05) is 46.0 Å². The Morgan fingerprint density at radius 1 is 1.00 bits per heavy atom. The largest absolute Gasteiger partial charge is 0.361 e. The van der Waals surface area contributed by atoms with Crippen molar-refractivity contribution in [2.24, 2.45) is 0 Å². The van der Waals surface area contributed by atoms with Crippen molar-refractivity contribution in [1.29, 1.82) is 5.41 Å². The lowest BCUT2D eigenvalue weighted by atomic mass is 10.0. The van der Waals surface area contributed by atoms with E-state index < -0.39 is 0 Å². The van der Waals surface area contributed by atoms with Crippen molar-refractivity contribution in [3.05, 3.63) is 113 Å². The third kappa shape index (κ3) is 4.09. The molecule has 0 bridgehead atoms. The second-order valence-corrected chi connectivity index (χ2v) is 9.90. The number of rotatable bonds is 5. The molecule has 0 aliphatic rings. The minimum atomic E-state index is -0.141. The number of aromatic amines is 1. The molecule has 4 aromatic carbocycles. The highest BCUT2D eigenvalue weighted by Gasteiger charge is 2.16. The van der Waals surface area contributed by atoms with E-state index in [2.05, 4.69) is 52.1 Å². The number of aryl methyl sites for hydroxylation is 1. The number of carbonyl (C=O) groups is 1. The number of nitrogens with one attached hydrogen (secondary N) is 3. The summed E-state index contributed by atoms with van der Waals surface area (Å²) < 4.78 is 4.06. The fraction of sp³-hybridized carbons (Fsp3) is 0.0968. The van der Waals surface area contributed by atoms with Crippen molar-refractivity contribution in [3.8, 4) is 16.8 Å². The van der Waals surface area contributed by atoms with Crippen molar-refractivity contribution >= 4 is 45.1 Å². The van der Waals surface area contributed by atoms with Crippen molar-refractivity contribution < 1.29 is 4.79 Å². The number of aromatic nitrogens is 3. The van der Waals surface area contributed by atoms with Gasteiger partial charge in [0.05, 0.1) is 17.6 Å². The molecule has 38 heavy (non-hydrogen) atoms. The van der Waals surface area contributed by atoms with E-state index in [1.807, 2.05) is 59.3 Å². The molecule has 2 heterocycles. The van der Waals surface area contributed by atoms with E-state index in [1.165, 1.54) is 6.92 Å². The number of hydrogen-bond donors (Lipinski definition) is 3. The Kier molecular flexibility index (Phi) is 5.89. The Morgan fingerprint density at radius 3 is 2.58 bits per heavy atom. The Bertz CT molecular complexity index is 1890. The maximum absolute atomic E-state index is 11.7. The molecule has 6 rings (SSSR count). The summed E-state index contributed by atoms with van der Waals surface area (Å²) in [6, 6.07) is 28.0. The fourth-order valence-corrected chi connectivity index (χ4v) is 5.38. The number of hydrogen-bond acceptors (Lipinski definition) is 2. The summed E-state index contributed by atoms with van der Waals surface area (Å²) >= 11 is 6.29. The molecule has 7 heteroatoms. The maximum Gasteiger partial charge on any atom is 0.221 e. The van der Waals surface area contributed by atoms with Crippen LogP contribution in [0.25, 0.3) is 38.8 Å². The molecule has 0 saturated carbocycles. The highest BCUT2D eigenvalue weighted by atomic mass is 35.5. The van der Waals surface area contributed by atoms with Crippen LogP contribution in [-0.2, 0) is 11.3 Å². The second-order valence-electron chi connectivity index (χ2n) is 9.46. The summed E-state index contributed by atoms with van der Waals surface area (Å²) in [6.07, 6.45) is 1.95. The third-order valence-corrected chi connectivity index (χ3v) is 7.18. The van der Waals surface area contributed by atoms with Gasteiger partial charge in [-0.05, 0) is 72.1 Å². The lowest BCUT2D eigenvalue weighted by molar-refractivity contribution is -0.114. The molecule has 6 nitrogen and oxygen atoms in total. The molecule has 2 aromatic heterocycles. The average molecular weight is 520 g/mol. The summed E-state index contributed by atoms with van der Waals surface area (Å²) in [7, 11) is 0. The number of halogens is 1. The predicted octanol–water partition coefficient (Wildman–Crippen LogP) is 7.03. The van der Waals surface area contributed by atoms with E-state index in [4.69, 9.17) is 11.6 Å². The average Bonchev–Trinajstić information content (AvgIpc) is 3.49. The third-order valence-electron chi connectivity index (χ3n) is 6.94. The van der Waals surface area contributed by atoms with Crippen LogP contribution in [0.3, 0.4) is 0 Å². The molecule has 0 spiro atoms. The first-order valence-corrected chi connectivity index (χ1v) is 12.8. The number of imidazole rings is 1. The van der Waals surface area contributed by atoms with Gasteiger partial charge in [0.25, 0.3) is 0 Å². The van der Waals surface area contributed by atoms with E-state index in [-0.39, 0.29) is 5.91 Å². The van der Waals surface area contributed by atoms with Crippen LogP contribution in [0.4, 0.5) is 5.69 Å². The van der Waals surface area contributed by atoms with Gasteiger partial charge >= 0.3 is 0 Å². The molecular weight excluding hydrogens is 494 g/mol. The van der Waals surface area contributed by atoms with Crippen molar-refractivity contribution in [2.45, 2.75) is 20.4 Å². The smallest absolute Gasteiger partial charge is 0.221 e. The van der Waals surface area contributed by atoms with Gasteiger partial charge in [-0.1, -0.05) is 48.0 Å². The van der Waals surface area contributed by atoms with Crippen LogP contribution in [0.2, 0.25) is 5.02 Å². The SMILES string of the molecule is CC(=O)Nc1ccc(Cl)cc1-c1ccc(-n2c(=N)n(Cc3cccc4[nH]ccc34)c3cccc(C)c32)cc1. The number of benzene rings is 4. The molecule has 0 aliphatic heterocycles. The first-order valence-electron chi connectivity index (χ1n) is 12.4. The van der Waals surface area contributed by atoms with E-state index in [0.29, 0.717) is 22.9 Å². The Labute approximate surface area is 224 Å². The number of fused-ring (bicyclic) bond motifs is 2. The number of para-hydroxylation sites is 1. The van der Waals surface area contributed by atoms with E-state index in [0.717, 1.165) is 49.9 Å². The summed E-state index contributed by atoms with van der Waals surface area (Å²) in [5.74, 6) is -0.141. The summed E-state index contributed by atoms with van der Waals surface area (Å²) in [6.45, 7) is 4.15. The van der Waals surface area contributed by atoms with Gasteiger partial charge < -0.3 is 14.9 Å². The van der Waals surface area contributed by atoms with Gasteiger partial charge in [0.2, 0.25) is 11.5 Å². The molecule has 188 valence electrons. The van der Waals surface area contributed by atoms with Gasteiger partial charge in [-0.15, -0.1) is 0 Å². The van der Waals surface area contributed by atoms with Crippen LogP contribution in [0.1, 0.15) is 18.1 Å². The number of amides is 1. The number of carbonyl (C=O) groups excluding carboxylic acids is 1. The predicted molar refractivity (Wildman–Crippen MR) is 154 cm³/mol. The molecule has 3 N–H and O–H groups in total. The topological polar surface area (TPSA) is 78.6 Å². The van der Waals surface area contributed by atoms with Crippen molar-refractivity contribution in [2.75, 3.05) is 5.32 Å². The van der Waals surface area contributed by atoms with Crippen LogP contribution >= 0.6 is 11.6 Å². The van der Waals surface area contributed by atoms with Crippen LogP contribution < -0.4 is 10.9 Å². The zero-order chi connectivity index (χ0) is 26.4. The highest BCUT2D eigenvalue weighted by Crippen LogP contribution is 2.32. The molecule has 0 fully saturated rings. The monoisotopic (exact) mass is 519 g/mol. The number of anilines is 1. The van der Waals surface area contributed by atoms with Crippen LogP contribution in [-0.4, -0.2) is 20.0 Å². The molecule has 0 saturated heterocycles. The normalized spacial score (nSPS) is 11.3. The second kappa shape index (κ2) is 9.39. The maximum atomic E-state index is 11.7. The molecular formula is C31H26ClN5O. The zero-order valence-corrected chi connectivity index (χ0v) is 21.8. The zero-order valence-electron chi connectivity index (χ0n) is 21.0. The van der Waals surface area contributed by atoms with Crippen molar-refractivity contribution in [1.82, 2.24) is 14.1 Å². The molecule has 1 amide bonds. The molecule has 0 atom stereocenters. The Balaban J connectivity index is 1.47. The minimum absolute atomic E-state index is 0.141. The Morgan fingerprint density at radius 2 is 1.79 bits per heavy atom. The van der Waals surface area contributed by atoms with Crippen LogP contribution in [0.15, 0.2) is 91.1 Å². The van der Waals surface area contributed by atoms with Crippen LogP contribution in [0.5, 0.6) is 0 Å². The first-order chi connectivity index (χ1) is 18.4. The number of H-pyrrole nitrogens is 1. The lowest BCUT2D eigenvalue weighted by Gasteiger charge is -2.12. The van der Waals surface area contributed by atoms with E-state index in [9.17, 15) is 10.2 Å². The lowest BCUT2D eigenvalue weighted by Crippen LogP contribution is -2.24. The Hall–Kier alpha value is -4.55. The van der Waals surface area contributed by atoms with Crippen LogP contribution in [0, 0.1) is 12.3 Å². The van der Waals surface area contributed by atoms with Gasteiger partial charge in [-0.2, -0.15) is 0 Å².